The fourth-order valence-corrected chi connectivity index (χ4v) is 2.48. The lowest BCUT2D eigenvalue weighted by molar-refractivity contribution is -0.127. The number of hydrogen-bond acceptors (Lipinski definition) is 3. The molecular weight excluding hydrogens is 280 g/mol. The number of aryl methyl sites for hydroxylation is 1. The molecule has 1 aromatic rings. The Hall–Kier alpha value is -1.88. The summed E-state index contributed by atoms with van der Waals surface area (Å²) < 4.78 is 4.93. The van der Waals surface area contributed by atoms with Crippen molar-refractivity contribution in [3.05, 3.63) is 35.4 Å². The van der Waals surface area contributed by atoms with Crippen molar-refractivity contribution in [2.75, 3.05) is 20.3 Å². The number of amides is 2. The van der Waals surface area contributed by atoms with E-state index in [2.05, 4.69) is 10.6 Å². The Morgan fingerprint density at radius 3 is 2.64 bits per heavy atom. The molecule has 1 aliphatic carbocycles. The third-order valence-electron chi connectivity index (χ3n) is 3.84. The van der Waals surface area contributed by atoms with Gasteiger partial charge in [0.1, 0.15) is 0 Å². The van der Waals surface area contributed by atoms with Crippen molar-refractivity contribution in [1.82, 2.24) is 10.6 Å². The number of methoxy groups -OCH3 is 1. The van der Waals surface area contributed by atoms with Gasteiger partial charge in [-0.25, -0.2) is 0 Å². The van der Waals surface area contributed by atoms with Crippen LogP contribution in [0.4, 0.5) is 0 Å². The largest absolute Gasteiger partial charge is 0.385 e. The van der Waals surface area contributed by atoms with Crippen molar-refractivity contribution >= 4 is 11.8 Å². The molecule has 0 radical (unpaired) electrons. The zero-order chi connectivity index (χ0) is 15.9. The van der Waals surface area contributed by atoms with Gasteiger partial charge >= 0.3 is 0 Å². The highest BCUT2D eigenvalue weighted by Gasteiger charge is 2.47. The number of rotatable bonds is 8. The topological polar surface area (TPSA) is 67.4 Å². The molecule has 1 aliphatic rings. The van der Waals surface area contributed by atoms with Gasteiger partial charge in [-0.05, 0) is 25.3 Å². The molecule has 2 N–H and O–H groups in total. The molecule has 1 aromatic carbocycles. The second-order valence-electron chi connectivity index (χ2n) is 5.79. The quantitative estimate of drug-likeness (QED) is 0.713. The summed E-state index contributed by atoms with van der Waals surface area (Å²) in [6.07, 6.45) is 1.44. The lowest BCUT2D eigenvalue weighted by Crippen LogP contribution is -2.30. The van der Waals surface area contributed by atoms with Gasteiger partial charge in [-0.2, -0.15) is 0 Å². The Morgan fingerprint density at radius 2 is 1.95 bits per heavy atom. The van der Waals surface area contributed by atoms with E-state index in [4.69, 9.17) is 4.74 Å². The fraction of sp³-hybridized carbons (Fsp3) is 0.529. The van der Waals surface area contributed by atoms with Crippen molar-refractivity contribution in [2.24, 2.45) is 11.8 Å². The third-order valence-corrected chi connectivity index (χ3v) is 3.84. The molecule has 0 spiro atoms. The van der Waals surface area contributed by atoms with Crippen LogP contribution in [0, 0.1) is 18.8 Å². The van der Waals surface area contributed by atoms with Gasteiger partial charge in [0, 0.05) is 26.8 Å². The number of carbonyl (C=O) groups excluding carboxylic acids is 2. The van der Waals surface area contributed by atoms with Crippen LogP contribution in [0.3, 0.4) is 0 Å². The van der Waals surface area contributed by atoms with Crippen molar-refractivity contribution in [3.8, 4) is 0 Å². The number of carbonyl (C=O) groups is 2. The summed E-state index contributed by atoms with van der Waals surface area (Å²) in [6, 6.07) is 8.04. The van der Waals surface area contributed by atoms with Crippen LogP contribution in [-0.4, -0.2) is 32.1 Å². The molecule has 0 aliphatic heterocycles. The molecule has 0 bridgehead atoms. The average molecular weight is 304 g/mol. The van der Waals surface area contributed by atoms with Crippen molar-refractivity contribution in [1.29, 1.82) is 0 Å². The number of nitrogens with one attached hydrogen (secondary N) is 2. The van der Waals surface area contributed by atoms with Gasteiger partial charge in [-0.15, -0.1) is 0 Å². The first-order valence-electron chi connectivity index (χ1n) is 7.71. The summed E-state index contributed by atoms with van der Waals surface area (Å²) in [5.74, 6) is -0.391. The normalized spacial score (nSPS) is 19.5. The minimum atomic E-state index is -0.174. The van der Waals surface area contributed by atoms with E-state index in [0.29, 0.717) is 26.1 Å². The van der Waals surface area contributed by atoms with Gasteiger partial charge in [-0.1, -0.05) is 29.8 Å². The Balaban J connectivity index is 1.68. The predicted molar refractivity (Wildman–Crippen MR) is 84.1 cm³/mol. The molecule has 120 valence electrons. The van der Waals surface area contributed by atoms with Crippen LogP contribution in [0.1, 0.15) is 24.0 Å². The zero-order valence-corrected chi connectivity index (χ0v) is 13.2. The molecule has 5 heteroatoms. The molecule has 2 amide bonds. The van der Waals surface area contributed by atoms with Gasteiger partial charge in [0.15, 0.2) is 0 Å². The molecular formula is C17H24N2O3. The molecule has 0 saturated heterocycles. The Bertz CT molecular complexity index is 530. The average Bonchev–Trinajstić information content (AvgIpc) is 3.30. The van der Waals surface area contributed by atoms with Crippen LogP contribution in [-0.2, 0) is 20.9 Å². The van der Waals surface area contributed by atoms with E-state index >= 15 is 0 Å². The van der Waals surface area contributed by atoms with Crippen molar-refractivity contribution in [2.45, 2.75) is 26.3 Å². The van der Waals surface area contributed by atoms with Gasteiger partial charge < -0.3 is 15.4 Å². The van der Waals surface area contributed by atoms with Gasteiger partial charge in [-0.3, -0.25) is 9.59 Å². The molecule has 2 rings (SSSR count). The summed E-state index contributed by atoms with van der Waals surface area (Å²) in [7, 11) is 1.64. The third kappa shape index (κ3) is 4.84. The van der Waals surface area contributed by atoms with Crippen LogP contribution < -0.4 is 10.6 Å². The summed E-state index contributed by atoms with van der Waals surface area (Å²) >= 11 is 0. The van der Waals surface area contributed by atoms with E-state index < -0.39 is 0 Å². The number of benzene rings is 1. The smallest absolute Gasteiger partial charge is 0.224 e. The van der Waals surface area contributed by atoms with E-state index in [-0.39, 0.29) is 23.7 Å². The summed E-state index contributed by atoms with van der Waals surface area (Å²) in [6.45, 7) is 3.77. The molecule has 2 unspecified atom stereocenters. The van der Waals surface area contributed by atoms with E-state index in [1.807, 2.05) is 31.2 Å². The monoisotopic (exact) mass is 304 g/mol. The maximum atomic E-state index is 12.0. The second kappa shape index (κ2) is 7.94. The molecule has 22 heavy (non-hydrogen) atoms. The maximum Gasteiger partial charge on any atom is 0.224 e. The molecule has 2 atom stereocenters. The predicted octanol–water partition coefficient (Wildman–Crippen LogP) is 1.40. The Labute approximate surface area is 131 Å². The number of hydrogen-bond donors (Lipinski definition) is 2. The highest BCUT2D eigenvalue weighted by Crippen LogP contribution is 2.38. The minimum absolute atomic E-state index is 0.0215. The molecule has 0 aromatic heterocycles. The first-order chi connectivity index (χ1) is 10.6. The van der Waals surface area contributed by atoms with Crippen molar-refractivity contribution < 1.29 is 14.3 Å². The molecule has 1 saturated carbocycles. The van der Waals surface area contributed by atoms with Crippen LogP contribution in [0.2, 0.25) is 0 Å². The van der Waals surface area contributed by atoms with Gasteiger partial charge in [0.2, 0.25) is 11.8 Å². The van der Waals surface area contributed by atoms with Crippen LogP contribution in [0.15, 0.2) is 24.3 Å². The molecule has 1 fully saturated rings. The number of ether oxygens (including phenoxy) is 1. The lowest BCUT2D eigenvalue weighted by atomic mass is 10.1. The van der Waals surface area contributed by atoms with Gasteiger partial charge in [0.25, 0.3) is 0 Å². The summed E-state index contributed by atoms with van der Waals surface area (Å²) in [4.78, 5) is 23.9. The fourth-order valence-electron chi connectivity index (χ4n) is 2.48. The van der Waals surface area contributed by atoms with E-state index in [9.17, 15) is 9.59 Å². The highest BCUT2D eigenvalue weighted by atomic mass is 16.5. The first-order valence-corrected chi connectivity index (χ1v) is 7.71. The van der Waals surface area contributed by atoms with Gasteiger partial charge in [0.05, 0.1) is 11.8 Å². The highest BCUT2D eigenvalue weighted by molar-refractivity contribution is 5.92. The van der Waals surface area contributed by atoms with Crippen molar-refractivity contribution in [3.63, 3.8) is 0 Å². The maximum absolute atomic E-state index is 12.0. The Morgan fingerprint density at radius 1 is 1.23 bits per heavy atom. The van der Waals surface area contributed by atoms with Crippen LogP contribution >= 0.6 is 0 Å². The Kier molecular flexibility index (Phi) is 5.95. The van der Waals surface area contributed by atoms with E-state index in [1.54, 1.807) is 7.11 Å². The SMILES string of the molecule is COCCCNC(=O)C1CC1C(=O)NCc1cccc(C)c1. The lowest BCUT2D eigenvalue weighted by Gasteiger charge is -2.06. The van der Waals surface area contributed by atoms with E-state index in [1.165, 1.54) is 5.56 Å². The standard InChI is InChI=1S/C17H24N2O3/c1-12-5-3-6-13(9-12)11-19-17(21)15-10-14(15)16(20)18-7-4-8-22-2/h3,5-6,9,14-15H,4,7-8,10-11H2,1-2H3,(H,18,20)(H,19,21). The summed E-state index contributed by atoms with van der Waals surface area (Å²) in [5.41, 5.74) is 2.25. The first kappa shape index (κ1) is 16.5. The van der Waals surface area contributed by atoms with Crippen LogP contribution in [0.5, 0.6) is 0 Å². The molecule has 5 nitrogen and oxygen atoms in total. The summed E-state index contributed by atoms with van der Waals surface area (Å²) in [5, 5.41) is 5.76. The van der Waals surface area contributed by atoms with Crippen LogP contribution in [0.25, 0.3) is 0 Å². The minimum Gasteiger partial charge on any atom is -0.385 e. The molecule has 0 heterocycles. The zero-order valence-electron chi connectivity index (χ0n) is 13.2. The second-order valence-corrected chi connectivity index (χ2v) is 5.79. The van der Waals surface area contributed by atoms with E-state index in [0.717, 1.165) is 12.0 Å².